The summed E-state index contributed by atoms with van der Waals surface area (Å²) in [5.74, 6) is 0.679. The highest BCUT2D eigenvalue weighted by Gasteiger charge is 2.23. The van der Waals surface area contributed by atoms with Gasteiger partial charge in [0.15, 0.2) is 6.23 Å². The van der Waals surface area contributed by atoms with Gasteiger partial charge in [0.1, 0.15) is 23.7 Å². The number of aromatic nitrogens is 4. The highest BCUT2D eigenvalue weighted by Crippen LogP contribution is 2.34. The average Bonchev–Trinajstić information content (AvgIpc) is 3.36. The van der Waals surface area contributed by atoms with E-state index < -0.39 is 6.09 Å². The molecular weight excluding hydrogens is 498 g/mol. The molecule has 1 aliphatic heterocycles. The molecule has 2 aromatic carbocycles. The van der Waals surface area contributed by atoms with Crippen molar-refractivity contribution in [2.45, 2.75) is 58.2 Å². The number of nitrogens with one attached hydrogen (secondary N) is 1. The number of benzene rings is 2. The van der Waals surface area contributed by atoms with E-state index in [1.54, 1.807) is 6.20 Å². The number of aliphatic hydroxyl groups excluding tert-OH is 1. The number of alkyl carbamates (subject to hydrolysis) is 1. The third-order valence-corrected chi connectivity index (χ3v) is 6.57. The summed E-state index contributed by atoms with van der Waals surface area (Å²) in [6.45, 7) is 3.10. The fourth-order valence-electron chi connectivity index (χ4n) is 4.56. The molecule has 1 unspecified atom stereocenters. The quantitative estimate of drug-likeness (QED) is 0.300. The molecule has 0 radical (unpaired) electrons. The number of amides is 1. The Balaban J connectivity index is 1.26. The number of rotatable bonds is 10. The molecule has 39 heavy (non-hydrogen) atoms. The molecule has 0 bridgehead atoms. The van der Waals surface area contributed by atoms with Gasteiger partial charge in [-0.2, -0.15) is 5.10 Å². The van der Waals surface area contributed by atoms with Crippen LogP contribution in [0.15, 0.2) is 60.9 Å². The monoisotopic (exact) mass is 531 g/mol. The van der Waals surface area contributed by atoms with Gasteiger partial charge in [0.2, 0.25) is 0 Å². The number of aliphatic hydroxyl groups is 1. The summed E-state index contributed by atoms with van der Waals surface area (Å²) in [4.78, 5) is 20.8. The second-order valence-electron chi connectivity index (χ2n) is 9.55. The zero-order chi connectivity index (χ0) is 27.0. The van der Waals surface area contributed by atoms with E-state index in [-0.39, 0.29) is 25.5 Å². The van der Waals surface area contributed by atoms with Crippen LogP contribution in [0.5, 0.6) is 5.75 Å². The van der Waals surface area contributed by atoms with Gasteiger partial charge in [-0.15, -0.1) is 0 Å². The van der Waals surface area contributed by atoms with Crippen LogP contribution in [0, 0.1) is 0 Å². The summed E-state index contributed by atoms with van der Waals surface area (Å²) < 4.78 is 19.4. The Bertz CT molecular complexity index is 1390. The van der Waals surface area contributed by atoms with Gasteiger partial charge in [0.25, 0.3) is 0 Å². The van der Waals surface area contributed by atoms with Crippen molar-refractivity contribution in [1.29, 1.82) is 0 Å². The van der Waals surface area contributed by atoms with Crippen molar-refractivity contribution in [2.75, 3.05) is 13.2 Å². The molecular formula is C29H33N5O5. The smallest absolute Gasteiger partial charge is 0.407 e. The Morgan fingerprint density at radius 1 is 1.21 bits per heavy atom. The van der Waals surface area contributed by atoms with Crippen LogP contribution in [0.25, 0.3) is 22.3 Å². The molecule has 10 heteroatoms. The first-order chi connectivity index (χ1) is 19.1. The number of ether oxygens (including phenoxy) is 3. The lowest BCUT2D eigenvalue weighted by atomic mass is 10.1. The number of carbonyl (C=O) groups is 1. The standard InChI is InChI=1S/C29H33N5O5/c1-20(12-13-31-29(36)38-19-21-7-3-2-4-8-21)39-23-10-11-26-24(15-23)28(25-17-30-16-22(18-35)32-25)33-34(26)27-9-5-6-14-37-27/h2-4,7-8,10-11,15-17,20,27,35H,5-6,9,12-14,18-19H2,1H3,(H,31,36)/t20-,27?/m0/s1. The Morgan fingerprint density at radius 2 is 2.08 bits per heavy atom. The number of fused-ring (bicyclic) bond motifs is 1. The molecule has 5 rings (SSSR count). The van der Waals surface area contributed by atoms with Crippen LogP contribution in [0.4, 0.5) is 4.79 Å². The average molecular weight is 532 g/mol. The largest absolute Gasteiger partial charge is 0.491 e. The number of carbonyl (C=O) groups excluding carboxylic acids is 1. The number of hydrogen-bond donors (Lipinski definition) is 2. The summed E-state index contributed by atoms with van der Waals surface area (Å²) >= 11 is 0. The molecule has 2 atom stereocenters. The van der Waals surface area contributed by atoms with Crippen LogP contribution in [0.2, 0.25) is 0 Å². The van der Waals surface area contributed by atoms with Gasteiger partial charge in [0, 0.05) is 25.0 Å². The van der Waals surface area contributed by atoms with Crippen molar-refractivity contribution in [3.05, 3.63) is 72.2 Å². The van der Waals surface area contributed by atoms with Gasteiger partial charge < -0.3 is 24.6 Å². The summed E-state index contributed by atoms with van der Waals surface area (Å²) in [5, 5.41) is 18.1. The molecule has 3 heterocycles. The molecule has 2 N–H and O–H groups in total. The maximum Gasteiger partial charge on any atom is 0.407 e. The van der Waals surface area contributed by atoms with E-state index in [4.69, 9.17) is 19.3 Å². The number of hydrogen-bond acceptors (Lipinski definition) is 8. The minimum Gasteiger partial charge on any atom is -0.491 e. The summed E-state index contributed by atoms with van der Waals surface area (Å²) in [5.41, 5.74) is 3.55. The predicted octanol–water partition coefficient (Wildman–Crippen LogP) is 4.77. The third kappa shape index (κ3) is 6.71. The van der Waals surface area contributed by atoms with Crippen LogP contribution in [-0.4, -0.2) is 50.2 Å². The Labute approximate surface area is 226 Å². The molecule has 1 aliphatic rings. The van der Waals surface area contributed by atoms with Crippen LogP contribution in [-0.2, 0) is 22.7 Å². The van der Waals surface area contributed by atoms with E-state index in [0.717, 1.165) is 35.7 Å². The first-order valence-corrected chi connectivity index (χ1v) is 13.3. The first kappa shape index (κ1) is 26.6. The van der Waals surface area contributed by atoms with Crippen molar-refractivity contribution < 1.29 is 24.1 Å². The highest BCUT2D eigenvalue weighted by molar-refractivity contribution is 5.93. The summed E-state index contributed by atoms with van der Waals surface area (Å²) in [6.07, 6.45) is 6.02. The molecule has 0 aliphatic carbocycles. The SMILES string of the molecule is C[C@@H](CCNC(=O)OCc1ccccc1)Oc1ccc2c(c1)c(-c1cncc(CO)n1)nn2C1CCCCO1. The van der Waals surface area contributed by atoms with E-state index in [1.165, 1.54) is 6.20 Å². The van der Waals surface area contributed by atoms with Gasteiger partial charge in [-0.05, 0) is 49.9 Å². The molecule has 204 valence electrons. The normalized spacial score (nSPS) is 16.1. The van der Waals surface area contributed by atoms with Crippen molar-refractivity contribution >= 4 is 17.0 Å². The predicted molar refractivity (Wildman–Crippen MR) is 145 cm³/mol. The Hall–Kier alpha value is -4.02. The van der Waals surface area contributed by atoms with Gasteiger partial charge in [0.05, 0.1) is 36.3 Å². The molecule has 0 saturated carbocycles. The van der Waals surface area contributed by atoms with E-state index >= 15 is 0 Å². The molecule has 2 aromatic heterocycles. The van der Waals surface area contributed by atoms with Crippen LogP contribution < -0.4 is 10.1 Å². The van der Waals surface area contributed by atoms with Gasteiger partial charge in [-0.3, -0.25) is 4.98 Å². The third-order valence-electron chi connectivity index (χ3n) is 6.57. The highest BCUT2D eigenvalue weighted by atomic mass is 16.5. The minimum atomic E-state index is -0.458. The van der Waals surface area contributed by atoms with E-state index in [9.17, 15) is 9.90 Å². The molecule has 0 spiro atoms. The van der Waals surface area contributed by atoms with Crippen LogP contribution >= 0.6 is 0 Å². The minimum absolute atomic E-state index is 0.151. The molecule has 10 nitrogen and oxygen atoms in total. The van der Waals surface area contributed by atoms with Crippen molar-refractivity contribution in [2.24, 2.45) is 0 Å². The first-order valence-electron chi connectivity index (χ1n) is 13.3. The molecule has 4 aromatic rings. The van der Waals surface area contributed by atoms with Crippen molar-refractivity contribution in [3.8, 4) is 17.1 Å². The van der Waals surface area contributed by atoms with E-state index in [1.807, 2.05) is 60.1 Å². The van der Waals surface area contributed by atoms with E-state index in [0.29, 0.717) is 42.4 Å². The van der Waals surface area contributed by atoms with Crippen molar-refractivity contribution in [3.63, 3.8) is 0 Å². The lowest BCUT2D eigenvalue weighted by molar-refractivity contribution is -0.0365. The Kier molecular flexibility index (Phi) is 8.65. The van der Waals surface area contributed by atoms with Crippen LogP contribution in [0.3, 0.4) is 0 Å². The number of nitrogens with zero attached hydrogens (tertiary/aromatic N) is 4. The maximum atomic E-state index is 12.0. The van der Waals surface area contributed by atoms with Gasteiger partial charge in [-0.25, -0.2) is 14.5 Å². The fourth-order valence-corrected chi connectivity index (χ4v) is 4.56. The fraction of sp³-hybridized carbons (Fsp3) is 0.379. The van der Waals surface area contributed by atoms with E-state index in [2.05, 4.69) is 15.3 Å². The topological polar surface area (TPSA) is 121 Å². The molecule has 1 fully saturated rings. The maximum absolute atomic E-state index is 12.0. The summed E-state index contributed by atoms with van der Waals surface area (Å²) in [6, 6.07) is 15.4. The summed E-state index contributed by atoms with van der Waals surface area (Å²) in [7, 11) is 0. The zero-order valence-corrected chi connectivity index (χ0v) is 22.0. The second-order valence-corrected chi connectivity index (χ2v) is 9.55. The Morgan fingerprint density at radius 3 is 2.87 bits per heavy atom. The molecule has 1 saturated heterocycles. The zero-order valence-electron chi connectivity index (χ0n) is 22.0. The lowest BCUT2D eigenvalue weighted by Gasteiger charge is -2.23. The van der Waals surface area contributed by atoms with Gasteiger partial charge in [-0.1, -0.05) is 30.3 Å². The van der Waals surface area contributed by atoms with Gasteiger partial charge >= 0.3 is 6.09 Å². The second kappa shape index (κ2) is 12.7. The lowest BCUT2D eigenvalue weighted by Crippen LogP contribution is -2.28. The van der Waals surface area contributed by atoms with Crippen molar-refractivity contribution in [1.82, 2.24) is 25.1 Å². The van der Waals surface area contributed by atoms with Crippen LogP contribution in [0.1, 0.15) is 50.1 Å². The molecule has 1 amide bonds.